The van der Waals surface area contributed by atoms with Crippen LogP contribution in [0.3, 0.4) is 0 Å². The summed E-state index contributed by atoms with van der Waals surface area (Å²) in [5, 5.41) is 8.33. The van der Waals surface area contributed by atoms with Crippen molar-refractivity contribution >= 4 is 17.9 Å². The van der Waals surface area contributed by atoms with Crippen LogP contribution in [0.1, 0.15) is 26.7 Å². The van der Waals surface area contributed by atoms with Gasteiger partial charge in [0.2, 0.25) is 0 Å². The minimum atomic E-state index is -1.60. The van der Waals surface area contributed by atoms with Crippen LogP contribution in [0, 0.1) is 0 Å². The third kappa shape index (κ3) is 7.74. The Morgan fingerprint density at radius 3 is 2.31 bits per heavy atom. The molecule has 0 aliphatic rings. The van der Waals surface area contributed by atoms with Crippen LogP contribution in [-0.4, -0.2) is 36.1 Å². The van der Waals surface area contributed by atoms with Gasteiger partial charge in [0.05, 0.1) is 0 Å². The summed E-state index contributed by atoms with van der Waals surface area (Å²) < 4.78 is 13.6. The van der Waals surface area contributed by atoms with E-state index in [0.29, 0.717) is 6.42 Å². The number of hydrogen-bond donors (Lipinski definition) is 1. The lowest BCUT2D eigenvalue weighted by molar-refractivity contribution is -0.265. The molecule has 0 aromatic carbocycles. The molecule has 7 nitrogen and oxygen atoms in total. The molecule has 0 aliphatic carbocycles. The second-order valence-corrected chi connectivity index (χ2v) is 2.84. The summed E-state index contributed by atoms with van der Waals surface area (Å²) in [6, 6.07) is 0. The van der Waals surface area contributed by atoms with Crippen molar-refractivity contribution in [2.45, 2.75) is 33.2 Å². The van der Waals surface area contributed by atoms with Gasteiger partial charge in [0, 0.05) is 13.3 Å². The Kier molecular flexibility index (Phi) is 6.86. The van der Waals surface area contributed by atoms with E-state index in [2.05, 4.69) is 14.2 Å². The average Bonchev–Trinajstić information content (AvgIpc) is 2.13. The minimum Gasteiger partial charge on any atom is -0.480 e. The SMILES string of the molecule is CCCC(=O)OC(OCC(=O)O)OC(C)=O. The fourth-order valence-corrected chi connectivity index (χ4v) is 0.737. The number of carboxylic acids is 1. The van der Waals surface area contributed by atoms with Crippen LogP contribution in [0.4, 0.5) is 0 Å². The van der Waals surface area contributed by atoms with Gasteiger partial charge >= 0.3 is 24.4 Å². The topological polar surface area (TPSA) is 99.1 Å². The molecule has 92 valence electrons. The highest BCUT2D eigenvalue weighted by Gasteiger charge is 2.18. The first-order chi connectivity index (χ1) is 7.45. The zero-order chi connectivity index (χ0) is 12.6. The predicted octanol–water partition coefficient (Wildman–Crippen LogP) is 0.278. The Hall–Kier alpha value is -1.63. The summed E-state index contributed by atoms with van der Waals surface area (Å²) in [5.41, 5.74) is 0. The molecule has 0 saturated heterocycles. The predicted molar refractivity (Wildman–Crippen MR) is 50.1 cm³/mol. The monoisotopic (exact) mass is 234 g/mol. The number of rotatable bonds is 7. The summed E-state index contributed by atoms with van der Waals surface area (Å²) in [4.78, 5) is 31.8. The Morgan fingerprint density at radius 2 is 1.88 bits per heavy atom. The molecule has 0 bridgehead atoms. The lowest BCUT2D eigenvalue weighted by Crippen LogP contribution is -2.28. The maximum atomic E-state index is 11.0. The number of carbonyl (C=O) groups is 3. The number of hydrogen-bond acceptors (Lipinski definition) is 6. The third-order valence-corrected chi connectivity index (χ3v) is 1.29. The molecule has 0 aromatic heterocycles. The Labute approximate surface area is 92.3 Å². The fourth-order valence-electron chi connectivity index (χ4n) is 0.737. The van der Waals surface area contributed by atoms with Crippen LogP contribution in [-0.2, 0) is 28.6 Å². The van der Waals surface area contributed by atoms with Crippen LogP contribution < -0.4 is 0 Å². The highest BCUT2D eigenvalue weighted by molar-refractivity contribution is 5.70. The van der Waals surface area contributed by atoms with Gasteiger partial charge in [0.15, 0.2) is 6.61 Å². The van der Waals surface area contributed by atoms with Gasteiger partial charge in [-0.25, -0.2) is 4.79 Å². The van der Waals surface area contributed by atoms with Crippen molar-refractivity contribution in [2.75, 3.05) is 6.61 Å². The molecule has 0 aliphatic heterocycles. The van der Waals surface area contributed by atoms with E-state index in [1.165, 1.54) is 0 Å². The molecule has 0 amide bonds. The van der Waals surface area contributed by atoms with E-state index in [-0.39, 0.29) is 6.42 Å². The second kappa shape index (κ2) is 7.63. The minimum absolute atomic E-state index is 0.133. The van der Waals surface area contributed by atoms with E-state index in [1.807, 2.05) is 0 Å². The van der Waals surface area contributed by atoms with Gasteiger partial charge in [0.1, 0.15) is 0 Å². The second-order valence-electron chi connectivity index (χ2n) is 2.84. The quantitative estimate of drug-likeness (QED) is 0.498. The molecular weight excluding hydrogens is 220 g/mol. The number of aliphatic carboxylic acids is 1. The molecule has 0 rings (SSSR count). The molecule has 0 spiro atoms. The average molecular weight is 234 g/mol. The van der Waals surface area contributed by atoms with Crippen molar-refractivity contribution in [3.63, 3.8) is 0 Å². The first kappa shape index (κ1) is 14.4. The molecule has 1 N–H and O–H groups in total. The van der Waals surface area contributed by atoms with Crippen LogP contribution in [0.15, 0.2) is 0 Å². The summed E-state index contributed by atoms with van der Waals surface area (Å²) in [5.74, 6) is -2.62. The zero-order valence-electron chi connectivity index (χ0n) is 9.10. The molecule has 16 heavy (non-hydrogen) atoms. The Bertz CT molecular complexity index is 261. The van der Waals surface area contributed by atoms with Gasteiger partial charge < -0.3 is 14.6 Å². The van der Waals surface area contributed by atoms with Crippen molar-refractivity contribution in [3.05, 3.63) is 0 Å². The van der Waals surface area contributed by atoms with E-state index in [9.17, 15) is 14.4 Å². The third-order valence-electron chi connectivity index (χ3n) is 1.29. The lowest BCUT2D eigenvalue weighted by atomic mass is 10.3. The van der Waals surface area contributed by atoms with Gasteiger partial charge in [0.25, 0.3) is 0 Å². The van der Waals surface area contributed by atoms with Gasteiger partial charge in [-0.05, 0) is 6.42 Å². The van der Waals surface area contributed by atoms with Crippen LogP contribution in [0.25, 0.3) is 0 Å². The Morgan fingerprint density at radius 1 is 1.25 bits per heavy atom. The molecule has 0 heterocycles. The zero-order valence-corrected chi connectivity index (χ0v) is 9.10. The van der Waals surface area contributed by atoms with E-state index in [0.717, 1.165) is 6.92 Å². The van der Waals surface area contributed by atoms with Gasteiger partial charge in [-0.1, -0.05) is 6.92 Å². The normalized spacial score (nSPS) is 11.6. The van der Waals surface area contributed by atoms with Crippen LogP contribution in [0.5, 0.6) is 0 Å². The summed E-state index contributed by atoms with van der Waals surface area (Å²) in [6.45, 7) is 0.523. The highest BCUT2D eigenvalue weighted by Crippen LogP contribution is 2.02. The molecule has 0 saturated carbocycles. The van der Waals surface area contributed by atoms with Crippen LogP contribution >= 0.6 is 0 Å². The smallest absolute Gasteiger partial charge is 0.365 e. The summed E-state index contributed by atoms with van der Waals surface area (Å²) in [6.07, 6.45) is 0.693. The largest absolute Gasteiger partial charge is 0.480 e. The van der Waals surface area contributed by atoms with Crippen molar-refractivity contribution in [1.82, 2.24) is 0 Å². The molecule has 0 radical (unpaired) electrons. The van der Waals surface area contributed by atoms with Gasteiger partial charge in [-0.15, -0.1) is 0 Å². The fraction of sp³-hybridized carbons (Fsp3) is 0.667. The number of carbonyl (C=O) groups excluding carboxylic acids is 2. The molecule has 0 aromatic rings. The maximum Gasteiger partial charge on any atom is 0.365 e. The van der Waals surface area contributed by atoms with E-state index < -0.39 is 31.0 Å². The van der Waals surface area contributed by atoms with Crippen molar-refractivity contribution in [1.29, 1.82) is 0 Å². The lowest BCUT2D eigenvalue weighted by Gasteiger charge is -2.16. The molecule has 0 fully saturated rings. The first-order valence-corrected chi connectivity index (χ1v) is 4.65. The van der Waals surface area contributed by atoms with Gasteiger partial charge in [-0.2, -0.15) is 0 Å². The van der Waals surface area contributed by atoms with E-state index in [4.69, 9.17) is 5.11 Å². The summed E-state index contributed by atoms with van der Waals surface area (Å²) in [7, 11) is 0. The van der Waals surface area contributed by atoms with Crippen molar-refractivity contribution < 1.29 is 33.7 Å². The Balaban J connectivity index is 4.13. The van der Waals surface area contributed by atoms with Crippen molar-refractivity contribution in [2.24, 2.45) is 0 Å². The van der Waals surface area contributed by atoms with Crippen LogP contribution in [0.2, 0.25) is 0 Å². The number of ether oxygens (including phenoxy) is 3. The maximum absolute atomic E-state index is 11.0. The molecular formula is C9H14O7. The number of esters is 2. The van der Waals surface area contributed by atoms with E-state index in [1.54, 1.807) is 6.92 Å². The highest BCUT2D eigenvalue weighted by atomic mass is 16.9. The van der Waals surface area contributed by atoms with Gasteiger partial charge in [-0.3, -0.25) is 14.3 Å². The molecule has 7 heteroatoms. The van der Waals surface area contributed by atoms with E-state index >= 15 is 0 Å². The standard InChI is InChI=1S/C9H14O7/c1-3-4-8(13)16-9(15-6(2)10)14-5-7(11)12/h9H,3-5H2,1-2H3,(H,11,12). The molecule has 1 atom stereocenters. The molecule has 1 unspecified atom stereocenters. The number of carboxylic acid groups (broad SMARTS) is 1. The van der Waals surface area contributed by atoms with Crippen molar-refractivity contribution in [3.8, 4) is 0 Å². The summed E-state index contributed by atoms with van der Waals surface area (Å²) >= 11 is 0. The first-order valence-electron chi connectivity index (χ1n) is 4.65.